The number of aromatic nitrogens is 1. The van der Waals surface area contributed by atoms with Crippen LogP contribution < -0.4 is 10.5 Å². The molecule has 0 saturated carbocycles. The maximum Gasteiger partial charge on any atom is 0.240 e. The van der Waals surface area contributed by atoms with Gasteiger partial charge < -0.3 is 15.0 Å². The van der Waals surface area contributed by atoms with Gasteiger partial charge in [-0.15, -0.1) is 16.8 Å². The quantitative estimate of drug-likeness (QED) is 0.275. The number of halogens is 1. The van der Waals surface area contributed by atoms with E-state index in [9.17, 15) is 13.5 Å². The smallest absolute Gasteiger partial charge is 0.240 e. The van der Waals surface area contributed by atoms with Crippen LogP contribution in [0.5, 0.6) is 5.88 Å². The minimum Gasteiger partial charge on any atom is -0.493 e. The summed E-state index contributed by atoms with van der Waals surface area (Å²) < 4.78 is 25.8. The highest BCUT2D eigenvalue weighted by molar-refractivity contribution is 9.10. The summed E-state index contributed by atoms with van der Waals surface area (Å²) in [6, 6.07) is 11.5. The van der Waals surface area contributed by atoms with E-state index in [1.807, 2.05) is 12.1 Å². The predicted octanol–water partition coefficient (Wildman–Crippen LogP) is 4.42. The maximum absolute atomic E-state index is 11.7. The van der Waals surface area contributed by atoms with Gasteiger partial charge in [0.2, 0.25) is 21.0 Å². The number of azo groups is 1. The van der Waals surface area contributed by atoms with Crippen LogP contribution >= 0.6 is 28.1 Å². The molecular formula is C18H16BrN5O3S2. The van der Waals surface area contributed by atoms with Gasteiger partial charge in [-0.1, -0.05) is 34.1 Å². The number of nitrogens with two attached hydrogens (primary N) is 1. The largest absolute Gasteiger partial charge is 0.493 e. The molecule has 150 valence electrons. The molecule has 0 spiro atoms. The normalized spacial score (nSPS) is 11.8. The fourth-order valence-electron chi connectivity index (χ4n) is 2.76. The average Bonchev–Trinajstić information content (AvgIpc) is 2.91. The number of rotatable bonds is 5. The molecule has 0 amide bonds. The van der Waals surface area contributed by atoms with Crippen LogP contribution in [0.2, 0.25) is 0 Å². The first kappa shape index (κ1) is 21.1. The van der Waals surface area contributed by atoms with Crippen LogP contribution in [0.15, 0.2) is 74.7 Å². The zero-order chi connectivity index (χ0) is 21.2. The van der Waals surface area contributed by atoms with E-state index >= 15 is 0 Å². The molecule has 0 bridgehead atoms. The third kappa shape index (κ3) is 4.53. The van der Waals surface area contributed by atoms with E-state index in [1.165, 1.54) is 12.1 Å². The van der Waals surface area contributed by atoms with E-state index in [0.717, 1.165) is 9.99 Å². The van der Waals surface area contributed by atoms with Gasteiger partial charge in [-0.3, -0.25) is 0 Å². The Labute approximate surface area is 180 Å². The average molecular weight is 494 g/mol. The molecule has 0 unspecified atom stereocenters. The molecule has 0 atom stereocenters. The highest BCUT2D eigenvalue weighted by Gasteiger charge is 2.17. The number of hydrogen-bond donors (Lipinski definition) is 3. The highest BCUT2D eigenvalue weighted by atomic mass is 79.9. The van der Waals surface area contributed by atoms with Gasteiger partial charge in [0.15, 0.2) is 5.69 Å². The molecule has 0 radical (unpaired) electrons. The van der Waals surface area contributed by atoms with Crippen LogP contribution in [0, 0.1) is 0 Å². The second-order valence-corrected chi connectivity index (χ2v) is 8.74. The minimum absolute atomic E-state index is 0.0884. The fourth-order valence-corrected chi connectivity index (χ4v) is 3.97. The van der Waals surface area contributed by atoms with Crippen molar-refractivity contribution in [3.8, 4) is 5.88 Å². The summed E-state index contributed by atoms with van der Waals surface area (Å²) in [5.41, 5.74) is 1.16. The van der Waals surface area contributed by atoms with Crippen LogP contribution in [0.3, 0.4) is 0 Å². The van der Waals surface area contributed by atoms with Crippen molar-refractivity contribution in [1.29, 1.82) is 0 Å². The number of anilines is 1. The Morgan fingerprint density at radius 3 is 2.76 bits per heavy atom. The Hall–Kier alpha value is -2.60. The van der Waals surface area contributed by atoms with Crippen LogP contribution in [-0.4, -0.2) is 23.2 Å². The molecule has 11 heteroatoms. The van der Waals surface area contributed by atoms with E-state index in [4.69, 9.17) is 17.4 Å². The second kappa shape index (κ2) is 8.41. The summed E-state index contributed by atoms with van der Waals surface area (Å²) in [6.45, 7) is 4.07. The number of hydrogen-bond acceptors (Lipinski definition) is 5. The number of sulfonamides is 1. The summed E-state index contributed by atoms with van der Waals surface area (Å²) >= 11 is 8.55. The van der Waals surface area contributed by atoms with Crippen molar-refractivity contribution in [3.63, 3.8) is 0 Å². The Kier molecular flexibility index (Phi) is 6.13. The van der Waals surface area contributed by atoms with Crippen molar-refractivity contribution < 1.29 is 13.5 Å². The van der Waals surface area contributed by atoms with E-state index in [2.05, 4.69) is 38.1 Å². The lowest BCUT2D eigenvalue weighted by molar-refractivity contribution is 0.431. The second-order valence-electron chi connectivity index (χ2n) is 5.90. The lowest BCUT2D eigenvalue weighted by Gasteiger charge is -2.08. The van der Waals surface area contributed by atoms with Crippen LogP contribution in [-0.2, 0) is 16.6 Å². The van der Waals surface area contributed by atoms with Crippen molar-refractivity contribution in [1.82, 2.24) is 4.57 Å². The molecule has 1 aromatic heterocycles. The molecule has 2 aromatic carbocycles. The van der Waals surface area contributed by atoms with Crippen molar-refractivity contribution in [2.75, 3.05) is 5.32 Å². The molecule has 8 nitrogen and oxygen atoms in total. The number of nitrogens with zero attached hydrogens (tertiary/aromatic N) is 3. The van der Waals surface area contributed by atoms with E-state index in [0.29, 0.717) is 11.9 Å². The molecule has 29 heavy (non-hydrogen) atoms. The van der Waals surface area contributed by atoms with E-state index < -0.39 is 10.0 Å². The fraction of sp³-hybridized carbons (Fsp3) is 0.0556. The molecule has 1 heterocycles. The van der Waals surface area contributed by atoms with Crippen molar-refractivity contribution in [2.45, 2.75) is 11.4 Å². The van der Waals surface area contributed by atoms with Gasteiger partial charge >= 0.3 is 0 Å². The van der Waals surface area contributed by atoms with Gasteiger partial charge in [-0.2, -0.15) is 0 Å². The standard InChI is InChI=1S/C18H16BrN5O3S2/c1-2-9-24-14-8-7-11(19)10-12(14)16(17(24)25)22-23-18(28)21-13-5-3-4-6-15(13)29(20,26)27/h2-8,10,25H,1,9H2,(H,21,28)(H2,20,26,27). The number of thiocarbonyl (C=S) groups is 1. The first-order valence-electron chi connectivity index (χ1n) is 8.18. The Morgan fingerprint density at radius 2 is 2.07 bits per heavy atom. The van der Waals surface area contributed by atoms with Crippen molar-refractivity contribution >= 4 is 65.6 Å². The van der Waals surface area contributed by atoms with Gasteiger partial charge in [-0.05, 0) is 42.5 Å². The van der Waals surface area contributed by atoms with Crippen LogP contribution in [0.25, 0.3) is 10.9 Å². The molecule has 0 aliphatic rings. The lowest BCUT2D eigenvalue weighted by atomic mass is 10.2. The third-order valence-corrected chi connectivity index (χ3v) is 5.61. The zero-order valence-corrected chi connectivity index (χ0v) is 18.1. The summed E-state index contributed by atoms with van der Waals surface area (Å²) in [6.07, 6.45) is 1.65. The molecule has 0 saturated heterocycles. The van der Waals surface area contributed by atoms with Gasteiger partial charge in [0, 0.05) is 16.4 Å². The molecule has 0 aliphatic carbocycles. The van der Waals surface area contributed by atoms with Gasteiger partial charge in [0.05, 0.1) is 11.2 Å². The summed E-state index contributed by atoms with van der Waals surface area (Å²) in [4.78, 5) is -0.119. The van der Waals surface area contributed by atoms with E-state index in [1.54, 1.807) is 28.8 Å². The lowest BCUT2D eigenvalue weighted by Crippen LogP contribution is -2.16. The molecular weight excluding hydrogens is 478 g/mol. The number of nitrogens with one attached hydrogen (secondary N) is 1. The predicted molar refractivity (Wildman–Crippen MR) is 120 cm³/mol. The first-order chi connectivity index (χ1) is 13.7. The Bertz CT molecular complexity index is 1250. The van der Waals surface area contributed by atoms with Crippen LogP contribution in [0.1, 0.15) is 0 Å². The summed E-state index contributed by atoms with van der Waals surface area (Å²) in [7, 11) is -3.94. The Balaban J connectivity index is 1.96. The minimum atomic E-state index is -3.94. The van der Waals surface area contributed by atoms with Gasteiger partial charge in [-0.25, -0.2) is 13.6 Å². The van der Waals surface area contributed by atoms with Crippen molar-refractivity contribution in [3.05, 3.63) is 59.6 Å². The number of primary sulfonamides is 1. The number of benzene rings is 2. The van der Waals surface area contributed by atoms with Crippen LogP contribution in [0.4, 0.5) is 11.4 Å². The maximum atomic E-state index is 11.7. The van der Waals surface area contributed by atoms with Gasteiger partial charge in [0.1, 0.15) is 4.90 Å². The first-order valence-corrected chi connectivity index (χ1v) is 10.9. The molecule has 4 N–H and O–H groups in total. The van der Waals surface area contributed by atoms with E-state index in [-0.39, 0.29) is 27.3 Å². The molecule has 3 aromatic rings. The number of allylic oxidation sites excluding steroid dienone is 1. The summed E-state index contributed by atoms with van der Waals surface area (Å²) in [5, 5.41) is 27.1. The number of para-hydroxylation sites is 1. The summed E-state index contributed by atoms with van der Waals surface area (Å²) in [5.74, 6) is -0.0884. The molecule has 0 aliphatic heterocycles. The van der Waals surface area contributed by atoms with Crippen molar-refractivity contribution in [2.24, 2.45) is 15.4 Å². The number of fused-ring (bicyclic) bond motifs is 1. The SMILES string of the molecule is C=CCn1c(O)c(N=NC(=S)Nc2ccccc2S(N)(=O)=O)c2cc(Br)ccc21. The molecule has 0 fully saturated rings. The van der Waals surface area contributed by atoms with Gasteiger partial charge in [0.25, 0.3) is 0 Å². The topological polar surface area (TPSA) is 122 Å². The Morgan fingerprint density at radius 1 is 1.34 bits per heavy atom. The zero-order valence-electron chi connectivity index (χ0n) is 14.9. The highest BCUT2D eigenvalue weighted by Crippen LogP contribution is 2.40. The number of aromatic hydroxyl groups is 1. The monoisotopic (exact) mass is 493 g/mol. The third-order valence-electron chi connectivity index (χ3n) is 3.96. The molecule has 3 rings (SSSR count).